The molecule has 0 heterocycles. The van der Waals surface area contributed by atoms with Crippen LogP contribution in [0.25, 0.3) is 0 Å². The summed E-state index contributed by atoms with van der Waals surface area (Å²) in [5, 5.41) is 10.6. The monoisotopic (exact) mass is 1460 g/mol. The van der Waals surface area contributed by atoms with Gasteiger partial charge < -0.3 is 33.8 Å². The van der Waals surface area contributed by atoms with E-state index >= 15 is 0 Å². The summed E-state index contributed by atoms with van der Waals surface area (Å²) < 4.78 is 68.7. The fourth-order valence-electron chi connectivity index (χ4n) is 11.4. The maximum absolute atomic E-state index is 13.1. The summed E-state index contributed by atoms with van der Waals surface area (Å²) in [7, 11) is -9.94. The fraction of sp³-hybridized carbons (Fsp3) is 0.852. The van der Waals surface area contributed by atoms with E-state index in [1.807, 2.05) is 0 Å². The van der Waals surface area contributed by atoms with Crippen LogP contribution in [0.3, 0.4) is 0 Å². The average molecular weight is 1460 g/mol. The molecular formula is C81H150O17P2. The first-order chi connectivity index (χ1) is 48.7. The fourth-order valence-corrected chi connectivity index (χ4v) is 13.0. The molecule has 586 valence electrons. The van der Waals surface area contributed by atoms with E-state index in [4.69, 9.17) is 37.0 Å². The Morgan fingerprint density at radius 1 is 0.270 bits per heavy atom. The van der Waals surface area contributed by atoms with Gasteiger partial charge in [0.2, 0.25) is 0 Å². The Morgan fingerprint density at radius 3 is 0.690 bits per heavy atom. The van der Waals surface area contributed by atoms with Gasteiger partial charge in [-0.05, 0) is 128 Å². The Kier molecular flexibility index (Phi) is 72.1. The lowest BCUT2D eigenvalue weighted by Gasteiger charge is -2.21. The molecule has 17 nitrogen and oxygen atoms in total. The van der Waals surface area contributed by atoms with Crippen molar-refractivity contribution in [2.75, 3.05) is 39.6 Å². The van der Waals surface area contributed by atoms with Crippen molar-refractivity contribution >= 4 is 39.5 Å². The molecule has 0 aromatic carbocycles. The second-order valence-corrected chi connectivity index (χ2v) is 30.6. The summed E-state index contributed by atoms with van der Waals surface area (Å²) in [5.41, 5.74) is 0. The number of aliphatic hydroxyl groups excluding tert-OH is 1. The molecule has 0 aliphatic rings. The summed E-state index contributed by atoms with van der Waals surface area (Å²) in [6.07, 6.45) is 72.1. The number of rotatable bonds is 78. The minimum Gasteiger partial charge on any atom is -0.462 e. The standard InChI is InChI=1S/C81H150O17P2/c1-5-9-13-17-21-25-29-33-37-41-45-49-53-57-61-65-78(83)91-71-76(97-80(85)67-63-59-55-51-47-43-39-35-31-27-23-19-15-11-7-3)73-95-99(87,88)93-69-75(82)70-94-100(89,90)96-74-77(98-81(86)68-64-60-56-52-48-44-40-36-32-28-24-20-16-12-8-4)72-92-79(84)66-62-58-54-50-46-42-38-34-30-26-22-18-14-10-6-2/h25-32,75-77,82H,5-24,33-74H2,1-4H3,(H,87,88)(H,89,90)/t75?,76-,77-/m1/s1. The van der Waals surface area contributed by atoms with Crippen LogP contribution in [0.2, 0.25) is 0 Å². The van der Waals surface area contributed by atoms with Gasteiger partial charge in [0.15, 0.2) is 12.2 Å². The molecule has 4 atom stereocenters. The lowest BCUT2D eigenvalue weighted by atomic mass is 10.1. The summed E-state index contributed by atoms with van der Waals surface area (Å²) in [4.78, 5) is 73.0. The Morgan fingerprint density at radius 2 is 0.460 bits per heavy atom. The van der Waals surface area contributed by atoms with E-state index in [0.29, 0.717) is 25.7 Å². The number of unbranched alkanes of at least 4 members (excludes halogenated alkanes) is 44. The summed E-state index contributed by atoms with van der Waals surface area (Å²) >= 11 is 0. The Bertz CT molecular complexity index is 1940. The van der Waals surface area contributed by atoms with Crippen LogP contribution in [0.5, 0.6) is 0 Å². The number of carbonyl (C=O) groups is 4. The van der Waals surface area contributed by atoms with Gasteiger partial charge in [0.05, 0.1) is 26.4 Å². The van der Waals surface area contributed by atoms with Gasteiger partial charge in [-0.2, -0.15) is 0 Å². The minimum absolute atomic E-state index is 0.0945. The summed E-state index contributed by atoms with van der Waals surface area (Å²) in [6, 6.07) is 0. The smallest absolute Gasteiger partial charge is 0.462 e. The lowest BCUT2D eigenvalue weighted by Crippen LogP contribution is -2.30. The van der Waals surface area contributed by atoms with Crippen LogP contribution >= 0.6 is 15.6 Å². The molecule has 0 amide bonds. The van der Waals surface area contributed by atoms with E-state index in [2.05, 4.69) is 76.3 Å². The number of hydrogen-bond donors (Lipinski definition) is 3. The number of ether oxygens (including phenoxy) is 4. The molecule has 0 bridgehead atoms. The van der Waals surface area contributed by atoms with E-state index in [9.17, 15) is 43.2 Å². The highest BCUT2D eigenvalue weighted by molar-refractivity contribution is 7.47. The van der Waals surface area contributed by atoms with Crippen LogP contribution in [0.4, 0.5) is 0 Å². The highest BCUT2D eigenvalue weighted by atomic mass is 31.2. The molecule has 0 rings (SSSR count). The largest absolute Gasteiger partial charge is 0.472 e. The Labute approximate surface area is 610 Å². The van der Waals surface area contributed by atoms with Crippen molar-refractivity contribution in [1.29, 1.82) is 0 Å². The third-order valence-corrected chi connectivity index (χ3v) is 19.6. The summed E-state index contributed by atoms with van der Waals surface area (Å²) in [5.74, 6) is -2.15. The summed E-state index contributed by atoms with van der Waals surface area (Å²) in [6.45, 7) is 4.90. The van der Waals surface area contributed by atoms with E-state index in [0.717, 1.165) is 180 Å². The number of esters is 4. The van der Waals surface area contributed by atoms with Crippen LogP contribution in [0.15, 0.2) is 48.6 Å². The predicted molar refractivity (Wildman–Crippen MR) is 409 cm³/mol. The molecule has 19 heteroatoms. The van der Waals surface area contributed by atoms with Crippen LogP contribution in [0.1, 0.15) is 387 Å². The van der Waals surface area contributed by atoms with Gasteiger partial charge in [-0.15, -0.1) is 0 Å². The molecule has 0 radical (unpaired) electrons. The van der Waals surface area contributed by atoms with Crippen LogP contribution in [0, 0.1) is 0 Å². The predicted octanol–water partition coefficient (Wildman–Crippen LogP) is 23.7. The molecule has 0 fully saturated rings. The van der Waals surface area contributed by atoms with E-state index in [1.165, 1.54) is 128 Å². The highest BCUT2D eigenvalue weighted by Gasteiger charge is 2.30. The molecular weight excluding hydrogens is 1310 g/mol. The van der Waals surface area contributed by atoms with Crippen molar-refractivity contribution < 1.29 is 80.2 Å². The Hall–Kier alpha value is -2.98. The first kappa shape index (κ1) is 97.0. The maximum Gasteiger partial charge on any atom is 0.472 e. The topological polar surface area (TPSA) is 237 Å². The number of phosphoric acid groups is 2. The van der Waals surface area contributed by atoms with Crippen molar-refractivity contribution in [2.45, 2.75) is 406 Å². The molecule has 2 unspecified atom stereocenters. The SMILES string of the molecule is CCCCCCC=CCCCCCCCCCC(=O)OC[C@H](COP(=O)(O)OCC(O)COP(=O)(O)OC[C@@H](COC(=O)CCCCCCCCCC=CCCCCCC)OC(=O)CCCCCCCCCC=CCCCCCC)OC(=O)CCCCCCCCCC=CCCCCCC. The Balaban J connectivity index is 5.33. The molecule has 0 aliphatic heterocycles. The molecule has 100 heavy (non-hydrogen) atoms. The second kappa shape index (κ2) is 74.3. The van der Waals surface area contributed by atoms with Gasteiger partial charge in [-0.25, -0.2) is 9.13 Å². The van der Waals surface area contributed by atoms with Gasteiger partial charge in [-0.1, -0.05) is 282 Å². The van der Waals surface area contributed by atoms with Gasteiger partial charge in [0.25, 0.3) is 0 Å². The number of allylic oxidation sites excluding steroid dienone is 8. The zero-order valence-corrected chi connectivity index (χ0v) is 65.9. The van der Waals surface area contributed by atoms with Gasteiger partial charge in [0, 0.05) is 25.7 Å². The van der Waals surface area contributed by atoms with Crippen molar-refractivity contribution in [3.05, 3.63) is 48.6 Å². The van der Waals surface area contributed by atoms with Crippen molar-refractivity contribution in [1.82, 2.24) is 0 Å². The van der Waals surface area contributed by atoms with Gasteiger partial charge in [-0.3, -0.25) is 37.3 Å². The van der Waals surface area contributed by atoms with Gasteiger partial charge >= 0.3 is 39.5 Å². The molecule has 0 saturated heterocycles. The van der Waals surface area contributed by atoms with Crippen molar-refractivity contribution in [2.24, 2.45) is 0 Å². The third kappa shape index (κ3) is 73.3. The average Bonchev–Trinajstić information content (AvgIpc) is 1.01. The van der Waals surface area contributed by atoms with E-state index in [-0.39, 0.29) is 25.7 Å². The van der Waals surface area contributed by atoms with Crippen LogP contribution in [-0.4, -0.2) is 96.7 Å². The quantitative estimate of drug-likeness (QED) is 0.0169. The van der Waals surface area contributed by atoms with Crippen molar-refractivity contribution in [3.63, 3.8) is 0 Å². The van der Waals surface area contributed by atoms with E-state index in [1.54, 1.807) is 0 Å². The molecule has 0 aromatic heterocycles. The van der Waals surface area contributed by atoms with Crippen LogP contribution in [-0.2, 0) is 65.4 Å². The molecule has 0 aromatic rings. The number of phosphoric ester groups is 2. The maximum atomic E-state index is 13.1. The second-order valence-electron chi connectivity index (χ2n) is 27.7. The number of carbonyl (C=O) groups excluding carboxylic acids is 4. The molecule has 0 aliphatic carbocycles. The minimum atomic E-state index is -4.97. The lowest BCUT2D eigenvalue weighted by molar-refractivity contribution is -0.161. The third-order valence-electron chi connectivity index (χ3n) is 17.7. The zero-order valence-electron chi connectivity index (χ0n) is 64.1. The first-order valence-electron chi connectivity index (χ1n) is 40.9. The van der Waals surface area contributed by atoms with Gasteiger partial charge in [0.1, 0.15) is 19.3 Å². The molecule has 3 N–H and O–H groups in total. The number of hydrogen-bond acceptors (Lipinski definition) is 15. The highest BCUT2D eigenvalue weighted by Crippen LogP contribution is 2.45. The van der Waals surface area contributed by atoms with Crippen LogP contribution < -0.4 is 0 Å². The molecule has 0 saturated carbocycles. The van der Waals surface area contributed by atoms with Crippen molar-refractivity contribution in [3.8, 4) is 0 Å². The number of aliphatic hydroxyl groups is 1. The molecule has 0 spiro atoms. The van der Waals surface area contributed by atoms with E-state index < -0.39 is 97.5 Å². The normalized spacial score (nSPS) is 14.1. The first-order valence-corrected chi connectivity index (χ1v) is 43.9. The zero-order chi connectivity index (χ0) is 73.2.